The number of alkyl halides is 5. The molecule has 0 bridgehead atoms. The number of unbranched alkanes of at least 4 members (excludes halogenated alkanes) is 3. The molecule has 11 heteroatoms. The van der Waals surface area contributed by atoms with Crippen molar-refractivity contribution in [3.8, 4) is 5.75 Å². The molecule has 0 saturated heterocycles. The zero-order valence-corrected chi connectivity index (χ0v) is 28.6. The molecular formula is C30H41F5I2O3S. The Morgan fingerprint density at radius 3 is 2.56 bits per heavy atom. The van der Waals surface area contributed by atoms with Crippen molar-refractivity contribution < 1.29 is 53.8 Å². The number of rotatable bonds is 13. The molecule has 0 heterocycles. The van der Waals surface area contributed by atoms with Gasteiger partial charge in [0, 0.05) is 6.42 Å². The Bertz CT molecular complexity index is 1040. The monoisotopic (exact) mass is 830 g/mol. The minimum absolute atomic E-state index is 0.0144. The van der Waals surface area contributed by atoms with Crippen molar-refractivity contribution in [3.05, 3.63) is 29.3 Å². The van der Waals surface area contributed by atoms with E-state index in [-0.39, 0.29) is 21.9 Å². The number of carbonyl (C=O) groups is 1. The van der Waals surface area contributed by atoms with Crippen LogP contribution in [0.2, 0.25) is 0 Å². The number of thiol groups is 1. The van der Waals surface area contributed by atoms with Gasteiger partial charge in [-0.2, -0.15) is 22.0 Å². The summed E-state index contributed by atoms with van der Waals surface area (Å²) in [5.41, 5.74) is 2.68. The zero-order chi connectivity index (χ0) is 29.8. The molecule has 2 fully saturated rings. The second-order valence-corrected chi connectivity index (χ2v) is 17.7. The van der Waals surface area contributed by atoms with Crippen LogP contribution in [0.3, 0.4) is 0 Å². The van der Waals surface area contributed by atoms with Crippen LogP contribution in [-0.2, 0) is 18.2 Å². The molecule has 3 aliphatic rings. The second kappa shape index (κ2) is 14.5. The quantitative estimate of drug-likeness (QED) is 0.0683. The Kier molecular flexibility index (Phi) is 12.0. The second-order valence-electron chi connectivity index (χ2n) is 12.3. The van der Waals surface area contributed by atoms with Gasteiger partial charge in [-0.3, -0.25) is 0 Å². The summed E-state index contributed by atoms with van der Waals surface area (Å²) in [7, 11) is 0. The van der Waals surface area contributed by atoms with Crippen molar-refractivity contribution in [3.63, 3.8) is 0 Å². The maximum absolute atomic E-state index is 13.0. The first kappa shape index (κ1) is 34.0. The first-order chi connectivity index (χ1) is 19.4. The van der Waals surface area contributed by atoms with E-state index in [1.165, 1.54) is 11.1 Å². The number of hydrogen-bond donors (Lipinski definition) is 1. The Labute approximate surface area is 264 Å². The fourth-order valence-electron chi connectivity index (χ4n) is 7.84. The normalized spacial score (nSPS) is 29.6. The molecule has 4 rings (SSSR count). The predicted molar refractivity (Wildman–Crippen MR) is 158 cm³/mol. The van der Waals surface area contributed by atoms with Crippen molar-refractivity contribution in [2.45, 2.75) is 108 Å². The molecule has 41 heavy (non-hydrogen) atoms. The molecule has 0 aromatic heterocycles. The number of aliphatic hydroxyl groups is 1. The third-order valence-electron chi connectivity index (χ3n) is 9.94. The van der Waals surface area contributed by atoms with Crippen LogP contribution in [0.25, 0.3) is 0 Å². The van der Waals surface area contributed by atoms with E-state index < -0.39 is 35.7 Å². The van der Waals surface area contributed by atoms with E-state index in [4.69, 9.17) is 4.74 Å². The molecule has 6 unspecified atom stereocenters. The van der Waals surface area contributed by atoms with E-state index in [0.29, 0.717) is 35.2 Å². The Hall–Kier alpha value is 0.110. The molecule has 3 nitrogen and oxygen atoms in total. The van der Waals surface area contributed by atoms with Crippen molar-refractivity contribution >= 4 is 34.4 Å². The van der Waals surface area contributed by atoms with Gasteiger partial charge >= 0.3 is 208 Å². The fourth-order valence-corrected chi connectivity index (χ4v) is 9.79. The van der Waals surface area contributed by atoms with Crippen molar-refractivity contribution in [2.75, 3.05) is 11.5 Å². The van der Waals surface area contributed by atoms with Crippen molar-refractivity contribution in [2.24, 2.45) is 23.2 Å². The van der Waals surface area contributed by atoms with Crippen LogP contribution in [0.5, 0.6) is 5.75 Å². The standard InChI is InChI=1S/C30H40F5I2O3S/c1-28-14-12-23-22-9-8-21(40-27(39)37-36)18-20(22)17-19(26(23)24(28)10-11-25(28)38)7-4-2-3-5-15-41-16-6-13-29(31,32)30(33,34)35/h8-9,18-19,23-26,38H,2-7,10-17H2,1H3/q-1/p+1. The minimum atomic E-state index is -5.46. The van der Waals surface area contributed by atoms with Crippen LogP contribution in [0, 0.1) is 23.2 Å². The molecule has 0 spiro atoms. The number of halogens is 7. The van der Waals surface area contributed by atoms with Gasteiger partial charge in [0.25, 0.3) is 0 Å². The van der Waals surface area contributed by atoms with E-state index in [1.807, 2.05) is 6.07 Å². The molecule has 1 N–H and O–H groups in total. The summed E-state index contributed by atoms with van der Waals surface area (Å²) in [4.78, 5) is 11.9. The summed E-state index contributed by atoms with van der Waals surface area (Å²) in [5.74, 6) is -0.704. The summed E-state index contributed by atoms with van der Waals surface area (Å²) in [6, 6.07) is 6.20. The first-order valence-corrected chi connectivity index (χ1v) is 23.4. The SMILES string of the molecule is CC12CCC3c4ccc(OC(=O)[I-]I)cc4CC(CCCCCC[SH+]CCCC(F)(F)C(F)(F)F)C3C1CCC2O. The number of carbonyl (C=O) groups excluding carboxylic acids is 1. The summed E-state index contributed by atoms with van der Waals surface area (Å²) >= 11 is 2.41. The third-order valence-corrected chi connectivity index (χ3v) is 14.0. The molecule has 1 aromatic rings. The summed E-state index contributed by atoms with van der Waals surface area (Å²) in [6.07, 6.45) is 3.37. The molecular weight excluding hydrogens is 789 g/mol. The average molecular weight is 831 g/mol. The van der Waals surface area contributed by atoms with Gasteiger partial charge < -0.3 is 0 Å². The fraction of sp³-hybridized carbons (Fsp3) is 0.767. The van der Waals surface area contributed by atoms with Gasteiger partial charge in [0.15, 0.2) is 0 Å². The van der Waals surface area contributed by atoms with Gasteiger partial charge in [0.05, 0.1) is 0 Å². The van der Waals surface area contributed by atoms with E-state index in [1.54, 1.807) is 0 Å². The van der Waals surface area contributed by atoms with Crippen LogP contribution in [0.15, 0.2) is 18.2 Å². The van der Waals surface area contributed by atoms with Gasteiger partial charge in [-0.15, -0.1) is 0 Å². The Balaban J connectivity index is 1.29. The molecule has 6 atom stereocenters. The van der Waals surface area contributed by atoms with Crippen molar-refractivity contribution in [1.29, 1.82) is 0 Å². The van der Waals surface area contributed by atoms with Crippen LogP contribution < -0.4 is 22.0 Å². The van der Waals surface area contributed by atoms with E-state index in [2.05, 4.69) is 37.7 Å². The van der Waals surface area contributed by atoms with E-state index in [9.17, 15) is 31.9 Å². The van der Waals surface area contributed by atoms with Gasteiger partial charge in [0.2, 0.25) is 0 Å². The molecule has 0 amide bonds. The number of fused-ring (bicyclic) bond motifs is 5. The van der Waals surface area contributed by atoms with Crippen LogP contribution in [0.4, 0.5) is 26.7 Å². The Morgan fingerprint density at radius 2 is 1.83 bits per heavy atom. The van der Waals surface area contributed by atoms with E-state index in [0.717, 1.165) is 81.7 Å². The van der Waals surface area contributed by atoms with Crippen LogP contribution in [0.1, 0.15) is 94.6 Å². The van der Waals surface area contributed by atoms with Gasteiger partial charge in [-0.05, 0) is 18.2 Å². The van der Waals surface area contributed by atoms with Crippen LogP contribution in [-0.4, -0.2) is 38.8 Å². The molecule has 2 saturated carbocycles. The van der Waals surface area contributed by atoms with Gasteiger partial charge in [-0.25, -0.2) is 0 Å². The zero-order valence-electron chi connectivity index (χ0n) is 23.4. The predicted octanol–water partition coefficient (Wildman–Crippen LogP) is 5.81. The van der Waals surface area contributed by atoms with Crippen LogP contribution >= 0.6 is 18.6 Å². The van der Waals surface area contributed by atoms with Gasteiger partial charge in [0.1, 0.15) is 11.5 Å². The number of benzene rings is 1. The third kappa shape index (κ3) is 8.04. The summed E-state index contributed by atoms with van der Waals surface area (Å²) in [5, 5.41) is 10.9. The molecule has 3 aliphatic carbocycles. The molecule has 1 aromatic carbocycles. The molecule has 234 valence electrons. The number of aliphatic hydroxyl groups excluding tert-OH is 1. The number of ether oxygens (including phenoxy) is 1. The molecule has 0 aliphatic heterocycles. The van der Waals surface area contributed by atoms with Crippen molar-refractivity contribution in [1.82, 2.24) is 0 Å². The topological polar surface area (TPSA) is 46.5 Å². The van der Waals surface area contributed by atoms with Gasteiger partial charge in [-0.1, -0.05) is 0 Å². The Morgan fingerprint density at radius 1 is 1.10 bits per heavy atom. The first-order valence-electron chi connectivity index (χ1n) is 14.7. The summed E-state index contributed by atoms with van der Waals surface area (Å²) in [6.45, 7) is 2.29. The van der Waals surface area contributed by atoms with E-state index >= 15 is 0 Å². The maximum atomic E-state index is 13.0. The summed E-state index contributed by atoms with van der Waals surface area (Å²) < 4.78 is 68.3. The average Bonchev–Trinajstić information content (AvgIpc) is 3.22. The molecule has 0 radical (unpaired) electrons. The number of hydrogen-bond acceptors (Lipinski definition) is 3.